The zero-order valence-corrected chi connectivity index (χ0v) is 13.5. The quantitative estimate of drug-likeness (QED) is 0.777. The minimum Gasteiger partial charge on any atom is -0.505 e. The van der Waals surface area contributed by atoms with E-state index in [9.17, 15) is 23.4 Å². The van der Waals surface area contributed by atoms with Crippen LogP contribution in [0.25, 0.3) is 0 Å². The predicted octanol–water partition coefficient (Wildman–Crippen LogP) is 4.12. The van der Waals surface area contributed by atoms with E-state index in [0.717, 1.165) is 6.07 Å². The molecule has 0 aliphatic carbocycles. The molecular weight excluding hydrogens is 377 g/mol. The molecule has 1 heterocycles. The number of alkyl halides is 3. The van der Waals surface area contributed by atoms with E-state index >= 15 is 0 Å². The number of pyridine rings is 1. The molecule has 4 nitrogen and oxygen atoms in total. The molecule has 0 aliphatic heterocycles. The van der Waals surface area contributed by atoms with E-state index in [2.05, 4.69) is 25.9 Å². The maximum atomic E-state index is 12.9. The Morgan fingerprint density at radius 3 is 2.65 bits per heavy atom. The van der Waals surface area contributed by atoms with Crippen molar-refractivity contribution < 1.29 is 23.4 Å². The summed E-state index contributed by atoms with van der Waals surface area (Å²) in [6.45, 7) is 1.19. The number of hydrogen-bond donors (Lipinski definition) is 2. The van der Waals surface area contributed by atoms with Crippen molar-refractivity contribution in [2.75, 3.05) is 0 Å². The van der Waals surface area contributed by atoms with Crippen molar-refractivity contribution in [2.24, 2.45) is 4.99 Å². The molecule has 0 atom stereocenters. The summed E-state index contributed by atoms with van der Waals surface area (Å²) in [5.74, 6) is -0.173. The van der Waals surface area contributed by atoms with Gasteiger partial charge in [-0.1, -0.05) is 15.9 Å². The molecule has 8 heteroatoms. The Kier molecular flexibility index (Phi) is 5.06. The highest BCUT2D eigenvalue weighted by atomic mass is 79.9. The van der Waals surface area contributed by atoms with Crippen LogP contribution in [0.15, 0.2) is 33.9 Å². The van der Waals surface area contributed by atoms with Gasteiger partial charge in [-0.2, -0.15) is 13.2 Å². The minimum absolute atomic E-state index is 0.0679. The van der Waals surface area contributed by atoms with E-state index in [4.69, 9.17) is 0 Å². The molecule has 0 saturated heterocycles. The fourth-order valence-corrected chi connectivity index (χ4v) is 2.34. The van der Waals surface area contributed by atoms with Crippen molar-refractivity contribution in [3.63, 3.8) is 0 Å². The molecule has 23 heavy (non-hydrogen) atoms. The molecule has 2 N–H and O–H groups in total. The van der Waals surface area contributed by atoms with Crippen LogP contribution in [-0.4, -0.2) is 21.4 Å². The first-order valence-electron chi connectivity index (χ1n) is 6.43. The van der Waals surface area contributed by atoms with Crippen LogP contribution < -0.4 is 0 Å². The normalized spacial score (nSPS) is 12.1. The number of aliphatic hydroxyl groups excluding tert-OH is 1. The molecular formula is C15H12BrF3N2O2. The predicted molar refractivity (Wildman–Crippen MR) is 83.0 cm³/mol. The maximum absolute atomic E-state index is 12.9. The molecule has 0 spiro atoms. The molecule has 0 bridgehead atoms. The van der Waals surface area contributed by atoms with E-state index in [-0.39, 0.29) is 28.1 Å². The zero-order chi connectivity index (χ0) is 17.2. The van der Waals surface area contributed by atoms with Gasteiger partial charge in [0.25, 0.3) is 0 Å². The number of halogens is 4. The summed E-state index contributed by atoms with van der Waals surface area (Å²) >= 11 is 2.85. The Balaban J connectivity index is 2.44. The molecule has 2 rings (SSSR count). The molecule has 0 fully saturated rings. The first kappa shape index (κ1) is 17.4. The van der Waals surface area contributed by atoms with Gasteiger partial charge in [-0.15, -0.1) is 0 Å². The first-order valence-corrected chi connectivity index (χ1v) is 7.22. The summed E-state index contributed by atoms with van der Waals surface area (Å²) in [5, 5.41) is 19.2. The molecule has 0 aliphatic rings. The third-order valence-corrected chi connectivity index (χ3v) is 3.82. The highest BCUT2D eigenvalue weighted by Gasteiger charge is 2.33. The summed E-state index contributed by atoms with van der Waals surface area (Å²) in [6.07, 6.45) is -1.92. The van der Waals surface area contributed by atoms with Gasteiger partial charge in [0.15, 0.2) is 0 Å². The van der Waals surface area contributed by atoms with E-state index in [1.165, 1.54) is 24.5 Å². The summed E-state index contributed by atoms with van der Waals surface area (Å²) < 4.78 is 38.5. The molecule has 2 aromatic rings. The fraction of sp³-hybridized carbons (Fsp3) is 0.200. The minimum atomic E-state index is -4.50. The van der Waals surface area contributed by atoms with Gasteiger partial charge in [0, 0.05) is 28.0 Å². The van der Waals surface area contributed by atoms with Crippen LogP contribution in [0.3, 0.4) is 0 Å². The average Bonchev–Trinajstić information content (AvgIpc) is 2.49. The van der Waals surface area contributed by atoms with Crippen LogP contribution >= 0.6 is 15.9 Å². The van der Waals surface area contributed by atoms with Crippen molar-refractivity contribution in [3.05, 3.63) is 51.3 Å². The number of aromatic nitrogens is 1. The largest absolute Gasteiger partial charge is 0.505 e. The van der Waals surface area contributed by atoms with Gasteiger partial charge in [-0.25, -0.2) is 0 Å². The third-order valence-electron chi connectivity index (χ3n) is 3.13. The second-order valence-corrected chi connectivity index (χ2v) is 5.56. The topological polar surface area (TPSA) is 65.7 Å². The van der Waals surface area contributed by atoms with Crippen molar-refractivity contribution in [1.29, 1.82) is 0 Å². The number of rotatable bonds is 3. The standard InChI is InChI=1S/C15H12BrF3N2O2/c1-8-14(23)11(9(7-22)5-20-8)6-21-10-2-3-13(16)12(4-10)15(17,18)19/h2-6,22-23H,7H2,1H3. The van der Waals surface area contributed by atoms with Crippen LogP contribution in [0.2, 0.25) is 0 Å². The Morgan fingerprint density at radius 2 is 2.04 bits per heavy atom. The van der Waals surface area contributed by atoms with Crippen molar-refractivity contribution in [3.8, 4) is 5.75 Å². The summed E-state index contributed by atoms with van der Waals surface area (Å²) in [4.78, 5) is 7.85. The zero-order valence-electron chi connectivity index (χ0n) is 11.9. The van der Waals surface area contributed by atoms with Crippen LogP contribution in [0.5, 0.6) is 5.75 Å². The van der Waals surface area contributed by atoms with Gasteiger partial charge in [-0.05, 0) is 25.1 Å². The Bertz CT molecular complexity index is 761. The Labute approximate surface area is 138 Å². The number of hydrogen-bond acceptors (Lipinski definition) is 4. The molecule has 1 aromatic heterocycles. The van der Waals surface area contributed by atoms with E-state index < -0.39 is 11.7 Å². The van der Waals surface area contributed by atoms with Gasteiger partial charge >= 0.3 is 6.18 Å². The van der Waals surface area contributed by atoms with Crippen LogP contribution in [-0.2, 0) is 12.8 Å². The monoisotopic (exact) mass is 388 g/mol. The highest BCUT2D eigenvalue weighted by Crippen LogP contribution is 2.37. The summed E-state index contributed by atoms with van der Waals surface area (Å²) in [7, 11) is 0. The molecule has 0 unspecified atom stereocenters. The van der Waals surface area contributed by atoms with Crippen LogP contribution in [0.1, 0.15) is 22.4 Å². The number of aromatic hydroxyl groups is 1. The fourth-order valence-electron chi connectivity index (χ4n) is 1.87. The summed E-state index contributed by atoms with van der Waals surface area (Å²) in [5.41, 5.74) is 0.0971. The number of aliphatic hydroxyl groups is 1. The molecule has 0 amide bonds. The van der Waals surface area contributed by atoms with E-state index in [1.807, 2.05) is 0 Å². The van der Waals surface area contributed by atoms with Gasteiger partial charge in [0.05, 0.1) is 23.6 Å². The van der Waals surface area contributed by atoms with Crippen molar-refractivity contribution in [1.82, 2.24) is 4.98 Å². The van der Waals surface area contributed by atoms with Gasteiger partial charge in [-0.3, -0.25) is 9.98 Å². The lowest BCUT2D eigenvalue weighted by Crippen LogP contribution is -2.05. The van der Waals surface area contributed by atoms with Crippen molar-refractivity contribution >= 4 is 27.8 Å². The van der Waals surface area contributed by atoms with Crippen molar-refractivity contribution in [2.45, 2.75) is 19.7 Å². The first-order chi connectivity index (χ1) is 10.7. The van der Waals surface area contributed by atoms with Gasteiger partial charge in [0.2, 0.25) is 0 Å². The van der Waals surface area contributed by atoms with Gasteiger partial charge < -0.3 is 10.2 Å². The van der Waals surface area contributed by atoms with Crippen LogP contribution in [0, 0.1) is 6.92 Å². The van der Waals surface area contributed by atoms with E-state index in [0.29, 0.717) is 11.3 Å². The number of nitrogens with zero attached hydrogens (tertiary/aromatic N) is 2. The number of aliphatic imine (C=N–C) groups is 1. The SMILES string of the molecule is Cc1ncc(CO)c(C=Nc2ccc(Br)c(C(F)(F)F)c2)c1O. The molecule has 1 aromatic carbocycles. The lowest BCUT2D eigenvalue weighted by Gasteiger charge is -2.10. The van der Waals surface area contributed by atoms with Crippen LogP contribution in [0.4, 0.5) is 18.9 Å². The molecule has 0 saturated carbocycles. The number of benzene rings is 1. The second-order valence-electron chi connectivity index (χ2n) is 4.71. The lowest BCUT2D eigenvalue weighted by molar-refractivity contribution is -0.138. The molecule has 122 valence electrons. The smallest absolute Gasteiger partial charge is 0.417 e. The van der Waals surface area contributed by atoms with E-state index in [1.54, 1.807) is 6.92 Å². The van der Waals surface area contributed by atoms with Gasteiger partial charge in [0.1, 0.15) is 5.75 Å². The second kappa shape index (κ2) is 6.67. The average molecular weight is 389 g/mol. The molecule has 0 radical (unpaired) electrons. The maximum Gasteiger partial charge on any atom is 0.417 e. The highest BCUT2D eigenvalue weighted by molar-refractivity contribution is 9.10. The number of aryl methyl sites for hydroxylation is 1. The third kappa shape index (κ3) is 3.89. The summed E-state index contributed by atoms with van der Waals surface area (Å²) in [6, 6.07) is 3.55. The Hall–Kier alpha value is -1.93. The Morgan fingerprint density at radius 1 is 1.35 bits per heavy atom. The lowest BCUT2D eigenvalue weighted by atomic mass is 10.1.